The van der Waals surface area contributed by atoms with Gasteiger partial charge in [0.2, 0.25) is 0 Å². The highest BCUT2D eigenvalue weighted by atomic mass is 19.4. The van der Waals surface area contributed by atoms with Gasteiger partial charge in [-0.25, -0.2) is 4.79 Å². The molecule has 2 unspecified atom stereocenters. The van der Waals surface area contributed by atoms with Gasteiger partial charge in [0.25, 0.3) is 5.91 Å². The van der Waals surface area contributed by atoms with E-state index in [1.165, 1.54) is 5.56 Å². The molecule has 1 aliphatic carbocycles. The molecule has 2 atom stereocenters. The van der Waals surface area contributed by atoms with E-state index in [1.54, 1.807) is 0 Å². The molecule has 9 heteroatoms. The molecule has 1 saturated carbocycles. The Morgan fingerprint density at radius 3 is 2.19 bits per heavy atom. The van der Waals surface area contributed by atoms with E-state index in [9.17, 15) is 18.0 Å². The Bertz CT molecular complexity index is 1220. The lowest BCUT2D eigenvalue weighted by molar-refractivity contribution is -0.192. The molecule has 1 amide bonds. The summed E-state index contributed by atoms with van der Waals surface area (Å²) in [5, 5.41) is 22.6. The minimum absolute atomic E-state index is 0.0525. The van der Waals surface area contributed by atoms with Crippen molar-refractivity contribution in [2.75, 3.05) is 0 Å². The molecule has 0 spiro atoms. The number of carbonyl (C=O) groups is 2. The van der Waals surface area contributed by atoms with Crippen molar-refractivity contribution in [3.8, 4) is 6.07 Å². The molecule has 3 N–H and O–H groups in total. The molecule has 0 bridgehead atoms. The number of halogens is 3. The van der Waals surface area contributed by atoms with E-state index in [0.29, 0.717) is 29.6 Å². The summed E-state index contributed by atoms with van der Waals surface area (Å²) in [6, 6.07) is 28.1. The van der Waals surface area contributed by atoms with Crippen molar-refractivity contribution >= 4 is 11.9 Å². The predicted molar refractivity (Wildman–Crippen MR) is 127 cm³/mol. The van der Waals surface area contributed by atoms with Crippen LogP contribution < -0.4 is 10.6 Å². The van der Waals surface area contributed by atoms with E-state index >= 15 is 0 Å². The zero-order chi connectivity index (χ0) is 26.1. The van der Waals surface area contributed by atoms with Crippen molar-refractivity contribution in [3.63, 3.8) is 0 Å². The first-order chi connectivity index (χ1) is 17.2. The Balaban J connectivity index is 0.000000454. The summed E-state index contributed by atoms with van der Waals surface area (Å²) in [5.74, 6) is -2.33. The van der Waals surface area contributed by atoms with Gasteiger partial charge in [0.05, 0.1) is 11.6 Å². The number of alkyl halides is 3. The third-order valence-corrected chi connectivity index (χ3v) is 5.55. The van der Waals surface area contributed by atoms with Gasteiger partial charge in [0.15, 0.2) is 0 Å². The monoisotopic (exact) mass is 495 g/mol. The number of carbonyl (C=O) groups excluding carboxylic acids is 1. The van der Waals surface area contributed by atoms with Crippen molar-refractivity contribution in [1.82, 2.24) is 10.6 Å². The molecule has 0 aromatic heterocycles. The molecule has 36 heavy (non-hydrogen) atoms. The average molecular weight is 496 g/mol. The highest BCUT2D eigenvalue weighted by Crippen LogP contribution is 2.41. The topological polar surface area (TPSA) is 102 Å². The standard InChI is InChI=1S/C25H23N3O.C2HF3O2/c26-15-19-7-4-8-20(13-19)17-27-24-14-23(24)21-9-11-22(12-10-21)25(29)28-16-18-5-2-1-3-6-18;3-2(4,5)1(6)7/h1-13,23-24,27H,14,16-17H2,(H,28,29);(H,6,7). The lowest BCUT2D eigenvalue weighted by atomic mass is 10.1. The molecular formula is C27H24F3N3O3. The molecule has 1 fully saturated rings. The van der Waals surface area contributed by atoms with E-state index in [0.717, 1.165) is 24.1 Å². The van der Waals surface area contributed by atoms with Gasteiger partial charge in [0, 0.05) is 30.6 Å². The maximum Gasteiger partial charge on any atom is 0.490 e. The first-order valence-electron chi connectivity index (χ1n) is 11.1. The summed E-state index contributed by atoms with van der Waals surface area (Å²) in [5.41, 5.74) is 4.85. The summed E-state index contributed by atoms with van der Waals surface area (Å²) < 4.78 is 31.7. The lowest BCUT2D eigenvalue weighted by Crippen LogP contribution is -2.22. The Kier molecular flexibility index (Phi) is 8.81. The van der Waals surface area contributed by atoms with E-state index < -0.39 is 12.1 Å². The van der Waals surface area contributed by atoms with Crippen LogP contribution in [0.5, 0.6) is 0 Å². The summed E-state index contributed by atoms with van der Waals surface area (Å²) in [7, 11) is 0. The SMILES string of the molecule is N#Cc1cccc(CNC2CC2c2ccc(C(=O)NCc3ccccc3)cc2)c1.O=C(O)C(F)(F)F. The first-order valence-corrected chi connectivity index (χ1v) is 11.1. The maximum absolute atomic E-state index is 12.3. The second-order valence-electron chi connectivity index (χ2n) is 8.23. The van der Waals surface area contributed by atoms with Gasteiger partial charge >= 0.3 is 12.1 Å². The molecule has 0 heterocycles. The number of rotatable bonds is 7. The van der Waals surface area contributed by atoms with Crippen molar-refractivity contribution < 1.29 is 27.9 Å². The summed E-state index contributed by atoms with van der Waals surface area (Å²) in [6.07, 6.45) is -3.99. The van der Waals surface area contributed by atoms with Crippen LogP contribution in [0.25, 0.3) is 0 Å². The fourth-order valence-corrected chi connectivity index (χ4v) is 3.55. The number of hydrogen-bond acceptors (Lipinski definition) is 4. The van der Waals surface area contributed by atoms with Gasteiger partial charge in [-0.3, -0.25) is 4.79 Å². The first kappa shape index (κ1) is 26.4. The predicted octanol–water partition coefficient (Wildman–Crippen LogP) is 4.77. The van der Waals surface area contributed by atoms with E-state index in [1.807, 2.05) is 66.7 Å². The molecular weight excluding hydrogens is 471 g/mol. The number of nitrogens with one attached hydrogen (secondary N) is 2. The van der Waals surface area contributed by atoms with E-state index in [4.69, 9.17) is 15.2 Å². The molecule has 3 aromatic carbocycles. The van der Waals surface area contributed by atoms with Crippen LogP contribution >= 0.6 is 0 Å². The zero-order valence-electron chi connectivity index (χ0n) is 19.1. The van der Waals surface area contributed by atoms with Crippen molar-refractivity contribution in [2.45, 2.75) is 37.6 Å². The smallest absolute Gasteiger partial charge is 0.475 e. The minimum atomic E-state index is -5.08. The molecule has 0 saturated heterocycles. The van der Waals surface area contributed by atoms with Crippen LogP contribution in [0.1, 0.15) is 45.0 Å². The largest absolute Gasteiger partial charge is 0.490 e. The molecule has 6 nitrogen and oxygen atoms in total. The zero-order valence-corrected chi connectivity index (χ0v) is 19.1. The van der Waals surface area contributed by atoms with Crippen LogP contribution in [0.2, 0.25) is 0 Å². The molecule has 1 aliphatic rings. The van der Waals surface area contributed by atoms with Crippen LogP contribution in [0.3, 0.4) is 0 Å². The van der Waals surface area contributed by atoms with Crippen LogP contribution in [0.4, 0.5) is 13.2 Å². The summed E-state index contributed by atoms with van der Waals surface area (Å²) >= 11 is 0. The maximum atomic E-state index is 12.3. The summed E-state index contributed by atoms with van der Waals surface area (Å²) in [6.45, 7) is 1.29. The Hall–Kier alpha value is -4.16. The number of hydrogen-bond donors (Lipinski definition) is 3. The summed E-state index contributed by atoms with van der Waals surface area (Å²) in [4.78, 5) is 21.2. The normalized spacial score (nSPS) is 16.2. The van der Waals surface area contributed by atoms with Crippen LogP contribution in [0.15, 0.2) is 78.9 Å². The van der Waals surface area contributed by atoms with Crippen LogP contribution in [-0.4, -0.2) is 29.2 Å². The van der Waals surface area contributed by atoms with Gasteiger partial charge in [-0.1, -0.05) is 54.6 Å². The molecule has 0 radical (unpaired) electrons. The number of aliphatic carboxylic acids is 1. The van der Waals surface area contributed by atoms with E-state index in [2.05, 4.69) is 28.8 Å². The second kappa shape index (κ2) is 12.0. The van der Waals surface area contributed by atoms with Crippen LogP contribution in [-0.2, 0) is 17.9 Å². The third-order valence-electron chi connectivity index (χ3n) is 5.55. The fourth-order valence-electron chi connectivity index (χ4n) is 3.55. The average Bonchev–Trinajstić information content (AvgIpc) is 3.66. The van der Waals surface area contributed by atoms with Crippen molar-refractivity contribution in [2.24, 2.45) is 0 Å². The Morgan fingerprint density at radius 1 is 0.944 bits per heavy atom. The van der Waals surface area contributed by atoms with Gasteiger partial charge in [-0.2, -0.15) is 18.4 Å². The van der Waals surface area contributed by atoms with E-state index in [-0.39, 0.29) is 5.91 Å². The number of benzene rings is 3. The second-order valence-corrected chi connectivity index (χ2v) is 8.23. The number of nitrogens with zero attached hydrogens (tertiary/aromatic N) is 1. The lowest BCUT2D eigenvalue weighted by Gasteiger charge is -2.07. The molecule has 3 aromatic rings. The van der Waals surface area contributed by atoms with Crippen molar-refractivity contribution in [3.05, 3.63) is 107 Å². The fraction of sp³-hybridized carbons (Fsp3) is 0.222. The Morgan fingerprint density at radius 2 is 1.58 bits per heavy atom. The quantitative estimate of drug-likeness (QED) is 0.438. The number of nitriles is 1. The van der Waals surface area contributed by atoms with Gasteiger partial charge in [0.1, 0.15) is 0 Å². The highest BCUT2D eigenvalue weighted by molar-refractivity contribution is 5.94. The number of carboxylic acids is 1. The van der Waals surface area contributed by atoms with Crippen molar-refractivity contribution in [1.29, 1.82) is 5.26 Å². The van der Waals surface area contributed by atoms with Gasteiger partial charge in [-0.15, -0.1) is 0 Å². The number of amides is 1. The number of carboxylic acid groups (broad SMARTS) is 1. The molecule has 0 aliphatic heterocycles. The molecule has 4 rings (SSSR count). The third kappa shape index (κ3) is 7.96. The van der Waals surface area contributed by atoms with Gasteiger partial charge in [-0.05, 0) is 47.4 Å². The van der Waals surface area contributed by atoms with Crippen LogP contribution in [0, 0.1) is 11.3 Å². The minimum Gasteiger partial charge on any atom is -0.475 e. The Labute approximate surface area is 206 Å². The van der Waals surface area contributed by atoms with Gasteiger partial charge < -0.3 is 15.7 Å². The highest BCUT2D eigenvalue weighted by Gasteiger charge is 2.38. The molecule has 186 valence electrons.